The minimum atomic E-state index is -4.39. The quantitative estimate of drug-likeness (QED) is 0.842. The van der Waals surface area contributed by atoms with Gasteiger partial charge in [0.15, 0.2) is 0 Å². The molecule has 0 saturated carbocycles. The van der Waals surface area contributed by atoms with Crippen LogP contribution >= 0.6 is 11.8 Å². The summed E-state index contributed by atoms with van der Waals surface area (Å²) < 4.78 is 37.3. The molecule has 7 heteroatoms. The summed E-state index contributed by atoms with van der Waals surface area (Å²) in [5.41, 5.74) is -0.575. The van der Waals surface area contributed by atoms with Gasteiger partial charge in [0.25, 0.3) is 5.24 Å². The molecule has 1 aliphatic heterocycles. The van der Waals surface area contributed by atoms with Gasteiger partial charge in [-0.25, -0.2) is 4.99 Å². The smallest absolute Gasteiger partial charge is 0.304 e. The van der Waals surface area contributed by atoms with Crippen LogP contribution < -0.4 is 5.32 Å². The minimum absolute atomic E-state index is 0.178. The van der Waals surface area contributed by atoms with Crippen molar-refractivity contribution in [3.05, 3.63) is 29.8 Å². The average Bonchev–Trinajstić information content (AvgIpc) is 2.63. The Hall–Kier alpha value is -1.50. The number of aliphatic imine (C=N–C) groups is 1. The lowest BCUT2D eigenvalue weighted by molar-refractivity contribution is -0.137. The molecule has 0 unspecified atom stereocenters. The lowest BCUT2D eigenvalue weighted by atomic mass is 10.2. The third-order valence-corrected chi connectivity index (χ3v) is 2.81. The summed E-state index contributed by atoms with van der Waals surface area (Å²) in [6.07, 6.45) is -4.39. The van der Waals surface area contributed by atoms with E-state index >= 15 is 0 Å². The first-order valence-electron chi connectivity index (χ1n) is 4.64. The van der Waals surface area contributed by atoms with Crippen molar-refractivity contribution in [3.63, 3.8) is 0 Å². The van der Waals surface area contributed by atoms with Crippen LogP contribution in [0.25, 0.3) is 0 Å². The fourth-order valence-electron chi connectivity index (χ4n) is 1.29. The van der Waals surface area contributed by atoms with E-state index in [9.17, 15) is 18.0 Å². The lowest BCUT2D eigenvalue weighted by Crippen LogP contribution is -2.19. The molecule has 90 valence electrons. The first-order chi connectivity index (χ1) is 7.95. The molecule has 0 spiro atoms. The van der Waals surface area contributed by atoms with Gasteiger partial charge in [-0.2, -0.15) is 13.2 Å². The Kier molecular flexibility index (Phi) is 3.10. The van der Waals surface area contributed by atoms with Crippen molar-refractivity contribution in [2.75, 3.05) is 5.75 Å². The van der Waals surface area contributed by atoms with Crippen LogP contribution in [0, 0.1) is 0 Å². The Bertz CT molecular complexity index is 485. The Balaban J connectivity index is 2.25. The van der Waals surface area contributed by atoms with Gasteiger partial charge in [-0.1, -0.05) is 17.8 Å². The molecular weight excluding hydrogens is 253 g/mol. The van der Waals surface area contributed by atoms with Gasteiger partial charge >= 0.3 is 6.18 Å². The van der Waals surface area contributed by atoms with Crippen molar-refractivity contribution in [2.45, 2.75) is 6.18 Å². The lowest BCUT2D eigenvalue weighted by Gasteiger charge is -2.06. The summed E-state index contributed by atoms with van der Waals surface area (Å²) in [7, 11) is 0. The molecule has 1 aliphatic rings. The van der Waals surface area contributed by atoms with E-state index in [1.807, 2.05) is 0 Å². The summed E-state index contributed by atoms with van der Waals surface area (Å²) in [5.74, 6) is 0.731. The average molecular weight is 260 g/mol. The summed E-state index contributed by atoms with van der Waals surface area (Å²) in [4.78, 5) is 14.8. The molecule has 1 heterocycles. The van der Waals surface area contributed by atoms with Crippen LogP contribution in [0.5, 0.6) is 0 Å². The molecule has 0 bridgehead atoms. The molecule has 0 radical (unpaired) electrons. The van der Waals surface area contributed by atoms with Crippen LogP contribution in [-0.2, 0) is 6.18 Å². The SMILES string of the molecule is O=C1NC(=Nc2cccc(C(F)(F)F)c2)CS1. The minimum Gasteiger partial charge on any atom is -0.304 e. The number of rotatable bonds is 1. The molecular formula is C10H7F3N2OS. The van der Waals surface area contributed by atoms with Crippen molar-refractivity contribution >= 4 is 28.5 Å². The number of alkyl halides is 3. The molecule has 2 rings (SSSR count). The molecule has 1 N–H and O–H groups in total. The monoisotopic (exact) mass is 260 g/mol. The van der Waals surface area contributed by atoms with Crippen molar-refractivity contribution < 1.29 is 18.0 Å². The predicted molar refractivity (Wildman–Crippen MR) is 59.5 cm³/mol. The van der Waals surface area contributed by atoms with Crippen molar-refractivity contribution in [1.82, 2.24) is 5.32 Å². The Morgan fingerprint density at radius 2 is 2.12 bits per heavy atom. The van der Waals surface area contributed by atoms with Gasteiger partial charge in [0, 0.05) is 0 Å². The summed E-state index contributed by atoms with van der Waals surface area (Å²) in [6.45, 7) is 0. The number of thioether (sulfide) groups is 1. The van der Waals surface area contributed by atoms with Crippen LogP contribution in [-0.4, -0.2) is 16.8 Å². The first-order valence-corrected chi connectivity index (χ1v) is 5.62. The molecule has 0 aliphatic carbocycles. The topological polar surface area (TPSA) is 41.5 Å². The van der Waals surface area contributed by atoms with Crippen LogP contribution in [0.4, 0.5) is 23.7 Å². The summed E-state index contributed by atoms with van der Waals surface area (Å²) in [6, 6.07) is 4.66. The van der Waals surface area contributed by atoms with Gasteiger partial charge in [0.2, 0.25) is 0 Å². The summed E-state index contributed by atoms with van der Waals surface area (Å²) >= 11 is 1.03. The zero-order valence-corrected chi connectivity index (χ0v) is 9.23. The van der Waals surface area contributed by atoms with Crippen molar-refractivity contribution in [3.8, 4) is 0 Å². The number of nitrogens with zero attached hydrogens (tertiary/aromatic N) is 1. The van der Waals surface area contributed by atoms with Crippen LogP contribution in [0.2, 0.25) is 0 Å². The second kappa shape index (κ2) is 4.40. The highest BCUT2D eigenvalue weighted by Gasteiger charge is 2.30. The van der Waals surface area contributed by atoms with Gasteiger partial charge < -0.3 is 5.32 Å². The molecule has 0 atom stereocenters. The Labute approximate surface area is 99.1 Å². The van der Waals surface area contributed by atoms with Gasteiger partial charge in [-0.05, 0) is 18.2 Å². The highest BCUT2D eigenvalue weighted by atomic mass is 32.2. The molecule has 1 amide bonds. The normalized spacial score (nSPS) is 18.5. The van der Waals surface area contributed by atoms with Crippen molar-refractivity contribution in [2.24, 2.45) is 4.99 Å². The number of halogens is 3. The van der Waals surface area contributed by atoms with E-state index in [1.165, 1.54) is 12.1 Å². The number of amides is 1. The highest BCUT2D eigenvalue weighted by Crippen LogP contribution is 2.31. The molecule has 1 fully saturated rings. The second-order valence-corrected chi connectivity index (χ2v) is 4.26. The maximum atomic E-state index is 12.4. The molecule has 1 aromatic rings. The third kappa shape index (κ3) is 3.00. The van der Waals surface area contributed by atoms with E-state index < -0.39 is 11.7 Å². The predicted octanol–water partition coefficient (Wildman–Crippen LogP) is 3.19. The Morgan fingerprint density at radius 1 is 1.35 bits per heavy atom. The number of hydrogen-bond acceptors (Lipinski definition) is 3. The van der Waals surface area contributed by atoms with Gasteiger partial charge in [-0.3, -0.25) is 4.79 Å². The number of carbonyl (C=O) groups is 1. The van der Waals surface area contributed by atoms with E-state index in [0.29, 0.717) is 11.6 Å². The number of nitrogens with one attached hydrogen (secondary N) is 1. The van der Waals surface area contributed by atoms with Crippen LogP contribution in [0.1, 0.15) is 5.56 Å². The maximum absolute atomic E-state index is 12.4. The maximum Gasteiger partial charge on any atom is 0.416 e. The van der Waals surface area contributed by atoms with Crippen LogP contribution in [0.15, 0.2) is 29.3 Å². The first kappa shape index (κ1) is 12.0. The van der Waals surface area contributed by atoms with E-state index in [2.05, 4.69) is 10.3 Å². The van der Waals surface area contributed by atoms with Gasteiger partial charge in [0.05, 0.1) is 17.0 Å². The zero-order valence-electron chi connectivity index (χ0n) is 8.41. The summed E-state index contributed by atoms with van der Waals surface area (Å²) in [5, 5.41) is 2.21. The van der Waals surface area contributed by atoms with Gasteiger partial charge in [-0.15, -0.1) is 0 Å². The number of hydrogen-bond donors (Lipinski definition) is 1. The van der Waals surface area contributed by atoms with E-state index in [-0.39, 0.29) is 10.9 Å². The largest absolute Gasteiger partial charge is 0.416 e. The van der Waals surface area contributed by atoms with Crippen LogP contribution in [0.3, 0.4) is 0 Å². The molecule has 3 nitrogen and oxygen atoms in total. The number of benzene rings is 1. The molecule has 17 heavy (non-hydrogen) atoms. The van der Waals surface area contributed by atoms with Crippen molar-refractivity contribution in [1.29, 1.82) is 0 Å². The van der Waals surface area contributed by atoms with E-state index in [4.69, 9.17) is 0 Å². The fraction of sp³-hybridized carbons (Fsp3) is 0.200. The molecule has 0 aromatic heterocycles. The standard InChI is InChI=1S/C10H7F3N2OS/c11-10(12,13)6-2-1-3-7(4-6)14-8-5-17-9(16)15-8/h1-4H,5H2,(H,14,15,16). The molecule has 1 aromatic carbocycles. The third-order valence-electron chi connectivity index (χ3n) is 2.02. The Morgan fingerprint density at radius 3 is 2.71 bits per heavy atom. The van der Waals surface area contributed by atoms with E-state index in [0.717, 1.165) is 23.9 Å². The second-order valence-electron chi connectivity index (χ2n) is 3.31. The van der Waals surface area contributed by atoms with Gasteiger partial charge in [0.1, 0.15) is 5.84 Å². The van der Waals surface area contributed by atoms with E-state index in [1.54, 1.807) is 0 Å². The zero-order chi connectivity index (χ0) is 12.5. The number of amidine groups is 1. The molecule has 1 saturated heterocycles. The number of carbonyl (C=O) groups excluding carboxylic acids is 1. The fourth-order valence-corrected chi connectivity index (χ4v) is 1.89. The highest BCUT2D eigenvalue weighted by molar-refractivity contribution is 8.14.